The Bertz CT molecular complexity index is 1100. The molecule has 0 radical (unpaired) electrons. The van der Waals surface area contributed by atoms with E-state index < -0.39 is 5.91 Å². The number of nitrogens with two attached hydrogens (primary N) is 1. The van der Waals surface area contributed by atoms with E-state index in [9.17, 15) is 4.79 Å². The molecule has 0 atom stereocenters. The van der Waals surface area contributed by atoms with Gasteiger partial charge in [-0.1, -0.05) is 25.0 Å². The maximum atomic E-state index is 13.1. The zero-order chi connectivity index (χ0) is 23.8. The van der Waals surface area contributed by atoms with Crippen molar-refractivity contribution in [3.63, 3.8) is 0 Å². The normalized spacial score (nSPS) is 14.5. The molecule has 0 unspecified atom stereocenters. The van der Waals surface area contributed by atoms with E-state index in [1.54, 1.807) is 6.21 Å². The molecule has 1 aliphatic heterocycles. The van der Waals surface area contributed by atoms with Crippen LogP contribution in [0.4, 0.5) is 5.82 Å². The fraction of sp³-hybridized carbons (Fsp3) is 0.455. The van der Waals surface area contributed by atoms with Crippen LogP contribution >= 0.6 is 0 Å². The number of nitrogens with one attached hydrogen (secondary N) is 1. The average molecular weight is 468 g/mol. The lowest BCUT2D eigenvalue weighted by molar-refractivity contribution is 0.0944. The van der Waals surface area contributed by atoms with Crippen molar-refractivity contribution >= 4 is 17.9 Å². The second kappa shape index (κ2) is 11.4. The molecule has 1 fully saturated rings. The van der Waals surface area contributed by atoms with Gasteiger partial charge in [0.15, 0.2) is 5.69 Å². The number of hydrazone groups is 1. The van der Waals surface area contributed by atoms with Crippen LogP contribution in [0, 0.1) is 0 Å². The Kier molecular flexibility index (Phi) is 7.81. The van der Waals surface area contributed by atoms with E-state index in [2.05, 4.69) is 47.6 Å². The van der Waals surface area contributed by atoms with Gasteiger partial charge in [-0.3, -0.25) is 9.69 Å². The molecule has 1 aromatic carbocycles. The summed E-state index contributed by atoms with van der Waals surface area (Å²) < 4.78 is 11.6. The molecule has 0 saturated carbocycles. The van der Waals surface area contributed by atoms with Crippen LogP contribution in [0.1, 0.15) is 60.8 Å². The maximum Gasteiger partial charge on any atom is 0.292 e. The molecule has 180 valence electrons. The number of amides is 1. The number of hydrogen-bond donors (Lipinski definition) is 2. The molecule has 34 heavy (non-hydrogen) atoms. The highest BCUT2D eigenvalue weighted by Crippen LogP contribution is 2.19. The Morgan fingerprint density at radius 1 is 1.24 bits per heavy atom. The largest absolute Gasteiger partial charge is 0.494 e. The number of carbonyl (C=O) groups is 1. The van der Waals surface area contributed by atoms with E-state index in [-0.39, 0.29) is 17.3 Å². The minimum absolute atomic E-state index is 0.00761. The van der Waals surface area contributed by atoms with Crippen molar-refractivity contribution in [2.75, 3.05) is 25.4 Å². The van der Waals surface area contributed by atoms with Crippen molar-refractivity contribution in [1.29, 1.82) is 0 Å². The SMILES string of the molecule is CCCCOc1ccc(/C=N\NC(=O)c2c(CN3CCCCC3)nnn2-c2nonc2N)cc1. The first-order chi connectivity index (χ1) is 16.7. The molecule has 0 bridgehead atoms. The smallest absolute Gasteiger partial charge is 0.292 e. The number of aromatic nitrogens is 5. The van der Waals surface area contributed by atoms with Crippen LogP contribution in [0.25, 0.3) is 5.82 Å². The standard InChI is InChI=1S/C22H29N9O3/c1-2-3-13-33-17-9-7-16(8-10-17)14-24-26-22(32)19-18(15-30-11-5-4-6-12-30)25-29-31(19)21-20(23)27-34-28-21/h7-10,14H,2-6,11-13,15H2,1H3,(H2,23,27)(H,26,32)/b24-14-. The lowest BCUT2D eigenvalue weighted by Crippen LogP contribution is -2.31. The number of piperidine rings is 1. The number of benzene rings is 1. The van der Waals surface area contributed by atoms with Crippen LogP contribution in [0.2, 0.25) is 0 Å². The Morgan fingerprint density at radius 3 is 2.74 bits per heavy atom. The van der Waals surface area contributed by atoms with Gasteiger partial charge in [-0.05, 0) is 72.5 Å². The quantitative estimate of drug-likeness (QED) is 0.260. The van der Waals surface area contributed by atoms with Gasteiger partial charge in [0.25, 0.3) is 5.91 Å². The van der Waals surface area contributed by atoms with Gasteiger partial charge in [0, 0.05) is 6.54 Å². The van der Waals surface area contributed by atoms with E-state index in [1.807, 2.05) is 24.3 Å². The molecule has 0 spiro atoms. The molecule has 12 heteroatoms. The van der Waals surface area contributed by atoms with E-state index in [4.69, 9.17) is 10.5 Å². The van der Waals surface area contributed by atoms with Crippen LogP contribution in [0.5, 0.6) is 5.75 Å². The number of rotatable bonds is 10. The van der Waals surface area contributed by atoms with E-state index in [0.29, 0.717) is 18.8 Å². The predicted molar refractivity (Wildman–Crippen MR) is 125 cm³/mol. The number of nitrogens with zero attached hydrogens (tertiary/aromatic N) is 7. The minimum atomic E-state index is -0.491. The number of ether oxygens (including phenoxy) is 1. The minimum Gasteiger partial charge on any atom is -0.494 e. The molecule has 2 aromatic heterocycles. The highest BCUT2D eigenvalue weighted by molar-refractivity contribution is 5.95. The van der Waals surface area contributed by atoms with Gasteiger partial charge < -0.3 is 10.5 Å². The second-order valence-electron chi connectivity index (χ2n) is 8.08. The molecule has 1 saturated heterocycles. The van der Waals surface area contributed by atoms with Gasteiger partial charge in [0.2, 0.25) is 11.6 Å². The fourth-order valence-electron chi connectivity index (χ4n) is 3.67. The molecule has 1 aliphatic rings. The number of anilines is 1. The van der Waals surface area contributed by atoms with Crippen molar-refractivity contribution in [3.05, 3.63) is 41.2 Å². The Morgan fingerprint density at radius 2 is 2.03 bits per heavy atom. The van der Waals surface area contributed by atoms with E-state index >= 15 is 0 Å². The number of hydrogen-bond acceptors (Lipinski definition) is 10. The van der Waals surface area contributed by atoms with E-state index in [0.717, 1.165) is 50.1 Å². The van der Waals surface area contributed by atoms with Gasteiger partial charge in [0.05, 0.1) is 12.8 Å². The third-order valence-corrected chi connectivity index (χ3v) is 5.50. The first-order valence-electron chi connectivity index (χ1n) is 11.5. The summed E-state index contributed by atoms with van der Waals surface area (Å²) in [6.07, 6.45) is 7.08. The third kappa shape index (κ3) is 5.76. The summed E-state index contributed by atoms with van der Waals surface area (Å²) in [5.74, 6) is 0.416. The van der Waals surface area contributed by atoms with Crippen LogP contribution < -0.4 is 15.9 Å². The first kappa shape index (κ1) is 23.4. The molecule has 3 aromatic rings. The molecule has 12 nitrogen and oxygen atoms in total. The topological polar surface area (TPSA) is 150 Å². The third-order valence-electron chi connectivity index (χ3n) is 5.50. The second-order valence-corrected chi connectivity index (χ2v) is 8.08. The number of nitrogen functional groups attached to an aromatic ring is 1. The summed E-state index contributed by atoms with van der Waals surface area (Å²) in [6, 6.07) is 7.47. The Hall–Kier alpha value is -3.80. The number of carbonyl (C=O) groups excluding carboxylic acids is 1. The zero-order valence-corrected chi connectivity index (χ0v) is 19.2. The highest BCUT2D eigenvalue weighted by Gasteiger charge is 2.26. The molecule has 3 N–H and O–H groups in total. The van der Waals surface area contributed by atoms with Crippen molar-refractivity contribution in [2.24, 2.45) is 5.10 Å². The van der Waals surface area contributed by atoms with Crippen LogP contribution in [-0.4, -0.2) is 62.0 Å². The van der Waals surface area contributed by atoms with Crippen LogP contribution in [0.3, 0.4) is 0 Å². The van der Waals surface area contributed by atoms with Gasteiger partial charge in [-0.2, -0.15) is 9.78 Å². The molecular weight excluding hydrogens is 438 g/mol. The summed E-state index contributed by atoms with van der Waals surface area (Å²) in [4.78, 5) is 15.3. The molecule has 3 heterocycles. The first-order valence-corrected chi connectivity index (χ1v) is 11.5. The molecule has 1 amide bonds. The summed E-state index contributed by atoms with van der Waals surface area (Å²) in [5.41, 5.74) is 9.88. The van der Waals surface area contributed by atoms with Crippen molar-refractivity contribution in [3.8, 4) is 11.6 Å². The maximum absolute atomic E-state index is 13.1. The Balaban J connectivity index is 1.47. The van der Waals surface area contributed by atoms with Gasteiger partial charge in [0.1, 0.15) is 11.4 Å². The molecule has 0 aliphatic carbocycles. The van der Waals surface area contributed by atoms with Crippen LogP contribution in [0.15, 0.2) is 34.0 Å². The van der Waals surface area contributed by atoms with Crippen LogP contribution in [-0.2, 0) is 6.54 Å². The van der Waals surface area contributed by atoms with Gasteiger partial charge >= 0.3 is 0 Å². The number of likely N-dealkylation sites (tertiary alicyclic amines) is 1. The van der Waals surface area contributed by atoms with E-state index in [1.165, 1.54) is 11.1 Å². The molecular formula is C22H29N9O3. The summed E-state index contributed by atoms with van der Waals surface area (Å²) >= 11 is 0. The summed E-state index contributed by atoms with van der Waals surface area (Å²) in [5, 5.41) is 19.7. The number of unbranched alkanes of at least 4 members (excludes halogenated alkanes) is 1. The lowest BCUT2D eigenvalue weighted by atomic mass is 10.1. The predicted octanol–water partition coefficient (Wildman–Crippen LogP) is 2.16. The zero-order valence-electron chi connectivity index (χ0n) is 19.2. The molecule has 4 rings (SSSR count). The Labute approximate surface area is 197 Å². The monoisotopic (exact) mass is 467 g/mol. The van der Waals surface area contributed by atoms with Crippen molar-refractivity contribution in [1.82, 2.24) is 35.6 Å². The average Bonchev–Trinajstić information content (AvgIpc) is 3.46. The van der Waals surface area contributed by atoms with Gasteiger partial charge in [-0.15, -0.1) is 5.10 Å². The lowest BCUT2D eigenvalue weighted by Gasteiger charge is -2.25. The summed E-state index contributed by atoms with van der Waals surface area (Å²) in [6.45, 7) is 5.17. The summed E-state index contributed by atoms with van der Waals surface area (Å²) in [7, 11) is 0. The van der Waals surface area contributed by atoms with Crippen molar-refractivity contribution < 1.29 is 14.2 Å². The van der Waals surface area contributed by atoms with Crippen molar-refractivity contribution in [2.45, 2.75) is 45.6 Å². The fourth-order valence-corrected chi connectivity index (χ4v) is 3.67. The highest BCUT2D eigenvalue weighted by atomic mass is 16.6. The van der Waals surface area contributed by atoms with Gasteiger partial charge in [-0.25, -0.2) is 10.1 Å².